The summed E-state index contributed by atoms with van der Waals surface area (Å²) in [5.74, 6) is 0. The van der Waals surface area contributed by atoms with Crippen LogP contribution in [0, 0.1) is 6.92 Å². The second-order valence-corrected chi connectivity index (χ2v) is 5.20. The molecule has 102 valence electrons. The summed E-state index contributed by atoms with van der Waals surface area (Å²) in [6.07, 6.45) is 3.79. The van der Waals surface area contributed by atoms with Crippen molar-refractivity contribution in [1.82, 2.24) is 15.1 Å². The zero-order valence-electron chi connectivity index (χ0n) is 11.2. The average molecular weight is 272 g/mol. The van der Waals surface area contributed by atoms with E-state index in [2.05, 4.69) is 17.3 Å². The Morgan fingerprint density at radius 1 is 1.50 bits per heavy atom. The van der Waals surface area contributed by atoms with Crippen LogP contribution in [0.5, 0.6) is 0 Å². The smallest absolute Gasteiger partial charge is 0.0900 e. The van der Waals surface area contributed by atoms with E-state index in [1.54, 1.807) is 0 Å². The summed E-state index contributed by atoms with van der Waals surface area (Å²) in [5, 5.41) is 8.60. The third kappa shape index (κ3) is 3.25. The van der Waals surface area contributed by atoms with Crippen LogP contribution in [-0.4, -0.2) is 29.0 Å². The molecule has 0 aromatic carbocycles. The molecule has 1 unspecified atom stereocenters. The Balaban J connectivity index is 1.85. The summed E-state index contributed by atoms with van der Waals surface area (Å²) in [5.41, 5.74) is 1.88. The number of rotatable bonds is 5. The molecule has 5 heteroatoms. The lowest BCUT2D eigenvalue weighted by molar-refractivity contribution is 0.0866. The van der Waals surface area contributed by atoms with E-state index >= 15 is 0 Å². The molecule has 4 nitrogen and oxygen atoms in total. The van der Waals surface area contributed by atoms with Gasteiger partial charge in [-0.05, 0) is 33.2 Å². The number of piperidine rings is 1. The maximum Gasteiger partial charge on any atom is 0.0900 e. The van der Waals surface area contributed by atoms with Crippen LogP contribution in [0.2, 0.25) is 5.02 Å². The normalized spacial score (nSPS) is 20.3. The van der Waals surface area contributed by atoms with Crippen molar-refractivity contribution in [2.75, 3.05) is 13.2 Å². The molecule has 1 aliphatic heterocycles. The summed E-state index contributed by atoms with van der Waals surface area (Å²) in [6, 6.07) is 0.497. The Morgan fingerprint density at radius 2 is 2.33 bits per heavy atom. The number of nitrogens with one attached hydrogen (secondary N) is 1. The lowest BCUT2D eigenvalue weighted by atomic mass is 10.1. The van der Waals surface area contributed by atoms with Crippen LogP contribution < -0.4 is 5.32 Å². The Labute approximate surface area is 114 Å². The zero-order chi connectivity index (χ0) is 13.0. The van der Waals surface area contributed by atoms with Crippen molar-refractivity contribution in [3.8, 4) is 0 Å². The van der Waals surface area contributed by atoms with Crippen molar-refractivity contribution in [2.45, 2.75) is 52.3 Å². The fraction of sp³-hybridized carbons (Fsp3) is 0.769. The van der Waals surface area contributed by atoms with Crippen molar-refractivity contribution >= 4 is 11.6 Å². The molecule has 0 radical (unpaired) electrons. The molecule has 2 rings (SSSR count). The number of nitrogens with zero attached hydrogens (tertiary/aromatic N) is 2. The van der Waals surface area contributed by atoms with E-state index in [1.165, 1.54) is 19.3 Å². The highest BCUT2D eigenvalue weighted by atomic mass is 35.5. The second-order valence-electron chi connectivity index (χ2n) is 4.82. The van der Waals surface area contributed by atoms with Crippen LogP contribution in [0.25, 0.3) is 0 Å². The van der Waals surface area contributed by atoms with Gasteiger partial charge >= 0.3 is 0 Å². The molecule has 0 spiro atoms. The zero-order valence-corrected chi connectivity index (χ0v) is 12.0. The Morgan fingerprint density at radius 3 is 3.00 bits per heavy atom. The van der Waals surface area contributed by atoms with E-state index in [1.807, 2.05) is 11.6 Å². The summed E-state index contributed by atoms with van der Waals surface area (Å²) < 4.78 is 7.71. The molecule has 1 aromatic heterocycles. The summed E-state index contributed by atoms with van der Waals surface area (Å²) >= 11 is 6.24. The summed E-state index contributed by atoms with van der Waals surface area (Å²) in [6.45, 7) is 7.24. The van der Waals surface area contributed by atoms with Gasteiger partial charge in [-0.3, -0.25) is 4.68 Å². The fourth-order valence-electron chi connectivity index (χ4n) is 2.37. The molecule has 1 aromatic rings. The van der Waals surface area contributed by atoms with Gasteiger partial charge in [0.2, 0.25) is 0 Å². The van der Waals surface area contributed by atoms with Gasteiger partial charge in [-0.1, -0.05) is 18.0 Å². The van der Waals surface area contributed by atoms with Gasteiger partial charge in [-0.25, -0.2) is 0 Å². The van der Waals surface area contributed by atoms with E-state index < -0.39 is 0 Å². The standard InChI is InChI=1S/C13H22ClN3O/c1-3-17-12(13(14)10(2)16-17)9-18-8-11-6-4-5-7-15-11/h11,15H,3-9H2,1-2H3. The van der Waals surface area contributed by atoms with Gasteiger partial charge in [-0.15, -0.1) is 0 Å². The topological polar surface area (TPSA) is 39.1 Å². The first-order valence-electron chi connectivity index (χ1n) is 6.75. The van der Waals surface area contributed by atoms with Crippen LogP contribution >= 0.6 is 11.6 Å². The minimum absolute atomic E-state index is 0.497. The molecule has 1 atom stereocenters. The van der Waals surface area contributed by atoms with Crippen molar-refractivity contribution in [2.24, 2.45) is 0 Å². The van der Waals surface area contributed by atoms with E-state index in [0.717, 1.165) is 36.1 Å². The highest BCUT2D eigenvalue weighted by Gasteiger charge is 2.15. The minimum Gasteiger partial charge on any atom is -0.373 e. The number of hydrogen-bond donors (Lipinski definition) is 1. The number of aromatic nitrogens is 2. The molecule has 0 bridgehead atoms. The largest absolute Gasteiger partial charge is 0.373 e. The highest BCUT2D eigenvalue weighted by Crippen LogP contribution is 2.21. The van der Waals surface area contributed by atoms with E-state index in [0.29, 0.717) is 12.6 Å². The molecular weight excluding hydrogens is 250 g/mol. The van der Waals surface area contributed by atoms with Gasteiger partial charge in [-0.2, -0.15) is 5.10 Å². The lowest BCUT2D eigenvalue weighted by Gasteiger charge is -2.23. The predicted molar refractivity (Wildman–Crippen MR) is 72.9 cm³/mol. The summed E-state index contributed by atoms with van der Waals surface area (Å²) in [7, 11) is 0. The van der Waals surface area contributed by atoms with Gasteiger partial charge in [0.25, 0.3) is 0 Å². The van der Waals surface area contributed by atoms with Gasteiger partial charge in [0.15, 0.2) is 0 Å². The maximum absolute atomic E-state index is 6.24. The Hall–Kier alpha value is -0.580. The average Bonchev–Trinajstić information content (AvgIpc) is 2.67. The van der Waals surface area contributed by atoms with Gasteiger partial charge in [0.05, 0.1) is 29.6 Å². The number of halogens is 1. The molecule has 1 N–H and O–H groups in total. The van der Waals surface area contributed by atoms with E-state index in [4.69, 9.17) is 16.3 Å². The molecule has 18 heavy (non-hydrogen) atoms. The van der Waals surface area contributed by atoms with Gasteiger partial charge < -0.3 is 10.1 Å². The number of ether oxygens (including phenoxy) is 1. The third-order valence-corrected chi connectivity index (χ3v) is 3.91. The molecule has 2 heterocycles. The van der Waals surface area contributed by atoms with Gasteiger partial charge in [0, 0.05) is 12.6 Å². The first-order chi connectivity index (χ1) is 8.72. The van der Waals surface area contributed by atoms with Crippen LogP contribution in [0.15, 0.2) is 0 Å². The van der Waals surface area contributed by atoms with Gasteiger partial charge in [0.1, 0.15) is 0 Å². The first-order valence-corrected chi connectivity index (χ1v) is 7.13. The lowest BCUT2D eigenvalue weighted by Crippen LogP contribution is -2.37. The SMILES string of the molecule is CCn1nc(C)c(Cl)c1COCC1CCCCN1. The van der Waals surface area contributed by atoms with Crippen LogP contribution in [-0.2, 0) is 17.9 Å². The van der Waals surface area contributed by atoms with Crippen LogP contribution in [0.1, 0.15) is 37.6 Å². The molecule has 0 saturated carbocycles. The fourth-order valence-corrected chi connectivity index (χ4v) is 2.56. The molecule has 0 amide bonds. The monoisotopic (exact) mass is 271 g/mol. The molecule has 1 fully saturated rings. The maximum atomic E-state index is 6.24. The highest BCUT2D eigenvalue weighted by molar-refractivity contribution is 6.31. The van der Waals surface area contributed by atoms with Crippen LogP contribution in [0.4, 0.5) is 0 Å². The third-order valence-electron chi connectivity index (χ3n) is 3.42. The van der Waals surface area contributed by atoms with E-state index in [9.17, 15) is 0 Å². The Kier molecular flexibility index (Phi) is 5.03. The Bertz CT molecular complexity index is 386. The second kappa shape index (κ2) is 6.55. The van der Waals surface area contributed by atoms with Crippen molar-refractivity contribution in [3.63, 3.8) is 0 Å². The molecule has 1 aliphatic rings. The quantitative estimate of drug-likeness (QED) is 0.894. The minimum atomic E-state index is 0.497. The van der Waals surface area contributed by atoms with Crippen molar-refractivity contribution < 1.29 is 4.74 Å². The van der Waals surface area contributed by atoms with Crippen molar-refractivity contribution in [3.05, 3.63) is 16.4 Å². The number of aryl methyl sites for hydroxylation is 2. The number of hydrogen-bond acceptors (Lipinski definition) is 3. The molecule has 0 aliphatic carbocycles. The van der Waals surface area contributed by atoms with Crippen molar-refractivity contribution in [1.29, 1.82) is 0 Å². The van der Waals surface area contributed by atoms with Crippen LogP contribution in [0.3, 0.4) is 0 Å². The van der Waals surface area contributed by atoms with E-state index in [-0.39, 0.29) is 0 Å². The predicted octanol–water partition coefficient (Wildman–Crippen LogP) is 2.52. The molecule has 1 saturated heterocycles. The molecular formula is C13H22ClN3O. The first kappa shape index (κ1) is 13.8. The summed E-state index contributed by atoms with van der Waals surface area (Å²) in [4.78, 5) is 0.